The lowest BCUT2D eigenvalue weighted by Crippen LogP contribution is -2.40. The summed E-state index contributed by atoms with van der Waals surface area (Å²) in [5.74, 6) is 0.877. The molecular weight excluding hydrogens is 280 g/mol. The van der Waals surface area contributed by atoms with Crippen LogP contribution in [0.5, 0.6) is 11.5 Å². The van der Waals surface area contributed by atoms with E-state index in [1.165, 1.54) is 0 Å². The Bertz CT molecular complexity index is 607. The van der Waals surface area contributed by atoms with E-state index in [0.717, 1.165) is 11.3 Å². The molecule has 2 aromatic rings. The van der Waals surface area contributed by atoms with Crippen LogP contribution < -0.4 is 9.47 Å². The van der Waals surface area contributed by atoms with Gasteiger partial charge in [-0.05, 0) is 38.1 Å². The third-order valence-electron chi connectivity index (χ3n) is 3.37. The predicted molar refractivity (Wildman–Crippen MR) is 84.0 cm³/mol. The number of rotatable bonds is 6. The number of hydrogen-bond acceptors (Lipinski definition) is 4. The second kappa shape index (κ2) is 6.98. The van der Waals surface area contributed by atoms with Crippen molar-refractivity contribution in [3.63, 3.8) is 0 Å². The quantitative estimate of drug-likeness (QED) is 0.765. The molecule has 2 rings (SSSR count). The summed E-state index contributed by atoms with van der Waals surface area (Å²) in [6, 6.07) is 16.4. The highest BCUT2D eigenvalue weighted by atomic mass is 16.6. The highest BCUT2D eigenvalue weighted by Gasteiger charge is 2.39. The molecule has 0 radical (unpaired) electrons. The summed E-state index contributed by atoms with van der Waals surface area (Å²) in [5, 5.41) is 0. The summed E-state index contributed by atoms with van der Waals surface area (Å²) in [5.41, 5.74) is -0.462. The van der Waals surface area contributed by atoms with Gasteiger partial charge in [0.25, 0.3) is 0 Å². The third kappa shape index (κ3) is 3.39. The van der Waals surface area contributed by atoms with E-state index >= 15 is 0 Å². The zero-order valence-electron chi connectivity index (χ0n) is 13.0. The Morgan fingerprint density at radius 3 is 2.14 bits per heavy atom. The van der Waals surface area contributed by atoms with Gasteiger partial charge in [0, 0.05) is 5.56 Å². The maximum absolute atomic E-state index is 12.4. The molecule has 1 atom stereocenters. The maximum atomic E-state index is 12.4. The summed E-state index contributed by atoms with van der Waals surface area (Å²) in [7, 11) is 1.60. The average molecular weight is 300 g/mol. The zero-order valence-corrected chi connectivity index (χ0v) is 13.0. The number of ether oxygens (including phenoxy) is 3. The lowest BCUT2D eigenvalue weighted by Gasteiger charge is -2.29. The van der Waals surface area contributed by atoms with Crippen molar-refractivity contribution in [3.8, 4) is 11.5 Å². The minimum absolute atomic E-state index is 0.299. The zero-order chi connectivity index (χ0) is 16.0. The van der Waals surface area contributed by atoms with Gasteiger partial charge < -0.3 is 14.2 Å². The Balaban J connectivity index is 2.33. The molecule has 0 bridgehead atoms. The van der Waals surface area contributed by atoms with Crippen molar-refractivity contribution in [1.82, 2.24) is 0 Å². The van der Waals surface area contributed by atoms with Gasteiger partial charge >= 0.3 is 5.97 Å². The van der Waals surface area contributed by atoms with Crippen LogP contribution in [0.3, 0.4) is 0 Å². The van der Waals surface area contributed by atoms with Crippen molar-refractivity contribution in [2.75, 3.05) is 13.7 Å². The van der Waals surface area contributed by atoms with Gasteiger partial charge in [0.2, 0.25) is 5.60 Å². The van der Waals surface area contributed by atoms with Crippen molar-refractivity contribution in [1.29, 1.82) is 0 Å². The van der Waals surface area contributed by atoms with E-state index in [1.54, 1.807) is 45.2 Å². The van der Waals surface area contributed by atoms with Crippen LogP contribution in [0.15, 0.2) is 54.6 Å². The molecule has 2 aromatic carbocycles. The van der Waals surface area contributed by atoms with E-state index in [-0.39, 0.29) is 0 Å². The minimum Gasteiger partial charge on any atom is -0.497 e. The van der Waals surface area contributed by atoms with Gasteiger partial charge in [0.05, 0.1) is 13.7 Å². The first-order valence-corrected chi connectivity index (χ1v) is 7.16. The van der Waals surface area contributed by atoms with E-state index in [9.17, 15) is 4.79 Å². The Kier molecular flexibility index (Phi) is 5.04. The molecule has 0 aliphatic carbocycles. The first-order valence-electron chi connectivity index (χ1n) is 7.16. The molecule has 4 heteroatoms. The molecular formula is C18H20O4. The molecule has 0 heterocycles. The van der Waals surface area contributed by atoms with E-state index < -0.39 is 11.6 Å². The molecule has 0 amide bonds. The second-order valence-electron chi connectivity index (χ2n) is 4.90. The van der Waals surface area contributed by atoms with Crippen LogP contribution in [-0.4, -0.2) is 19.7 Å². The van der Waals surface area contributed by atoms with E-state index in [0.29, 0.717) is 12.4 Å². The van der Waals surface area contributed by atoms with Crippen molar-refractivity contribution in [2.24, 2.45) is 0 Å². The van der Waals surface area contributed by atoms with Crippen molar-refractivity contribution < 1.29 is 19.0 Å². The molecule has 0 saturated heterocycles. The minimum atomic E-state index is -1.20. The molecule has 0 spiro atoms. The van der Waals surface area contributed by atoms with Gasteiger partial charge in [-0.3, -0.25) is 0 Å². The number of carbonyl (C=O) groups is 1. The number of hydrogen-bond donors (Lipinski definition) is 0. The van der Waals surface area contributed by atoms with Gasteiger partial charge in [-0.1, -0.05) is 30.3 Å². The molecule has 4 nitrogen and oxygen atoms in total. The molecule has 0 saturated carbocycles. The van der Waals surface area contributed by atoms with Gasteiger partial charge in [-0.15, -0.1) is 0 Å². The predicted octanol–water partition coefficient (Wildman–Crippen LogP) is 3.55. The standard InChI is InChI=1S/C18H20O4/c1-4-21-17(19)18(2,14-8-6-5-7-9-14)22-16-12-10-15(20-3)11-13-16/h5-13H,4H2,1-3H3/t18-/m0/s1. The smallest absolute Gasteiger partial charge is 0.354 e. The summed E-state index contributed by atoms with van der Waals surface area (Å²) in [6.45, 7) is 3.79. The summed E-state index contributed by atoms with van der Waals surface area (Å²) in [6.07, 6.45) is 0. The van der Waals surface area contributed by atoms with E-state index in [1.807, 2.05) is 30.3 Å². The number of carbonyl (C=O) groups excluding carboxylic acids is 1. The van der Waals surface area contributed by atoms with Crippen molar-refractivity contribution in [2.45, 2.75) is 19.4 Å². The van der Waals surface area contributed by atoms with Gasteiger partial charge in [-0.2, -0.15) is 0 Å². The Labute approximate surface area is 130 Å². The summed E-state index contributed by atoms with van der Waals surface area (Å²) >= 11 is 0. The molecule has 116 valence electrons. The average Bonchev–Trinajstić information content (AvgIpc) is 2.56. The fraction of sp³-hybridized carbons (Fsp3) is 0.278. The highest BCUT2D eigenvalue weighted by Crippen LogP contribution is 2.30. The van der Waals surface area contributed by atoms with Crippen LogP contribution in [-0.2, 0) is 15.1 Å². The topological polar surface area (TPSA) is 44.8 Å². The highest BCUT2D eigenvalue weighted by molar-refractivity contribution is 5.81. The lowest BCUT2D eigenvalue weighted by molar-refractivity contribution is -0.161. The molecule has 0 aliphatic rings. The molecule has 0 aliphatic heterocycles. The second-order valence-corrected chi connectivity index (χ2v) is 4.90. The van der Waals surface area contributed by atoms with Crippen LogP contribution >= 0.6 is 0 Å². The molecule has 0 aromatic heterocycles. The molecule has 0 unspecified atom stereocenters. The Hall–Kier alpha value is -2.49. The van der Waals surface area contributed by atoms with Gasteiger partial charge in [-0.25, -0.2) is 4.79 Å². The van der Waals surface area contributed by atoms with Crippen LogP contribution in [0.1, 0.15) is 19.4 Å². The Morgan fingerprint density at radius 2 is 1.59 bits per heavy atom. The van der Waals surface area contributed by atoms with Gasteiger partial charge in [0.1, 0.15) is 11.5 Å². The first-order chi connectivity index (χ1) is 10.6. The molecule has 0 N–H and O–H groups in total. The maximum Gasteiger partial charge on any atom is 0.354 e. The van der Waals surface area contributed by atoms with Crippen molar-refractivity contribution in [3.05, 3.63) is 60.2 Å². The largest absolute Gasteiger partial charge is 0.497 e. The number of esters is 1. The fourth-order valence-electron chi connectivity index (χ4n) is 2.12. The normalized spacial score (nSPS) is 13.0. The summed E-state index contributed by atoms with van der Waals surface area (Å²) in [4.78, 5) is 12.4. The summed E-state index contributed by atoms with van der Waals surface area (Å²) < 4.78 is 16.3. The van der Waals surface area contributed by atoms with Crippen LogP contribution in [0.4, 0.5) is 0 Å². The van der Waals surface area contributed by atoms with E-state index in [4.69, 9.17) is 14.2 Å². The van der Waals surface area contributed by atoms with Crippen LogP contribution in [0, 0.1) is 0 Å². The molecule has 22 heavy (non-hydrogen) atoms. The van der Waals surface area contributed by atoms with Crippen LogP contribution in [0.2, 0.25) is 0 Å². The number of methoxy groups -OCH3 is 1. The fourth-order valence-corrected chi connectivity index (χ4v) is 2.12. The Morgan fingerprint density at radius 1 is 1.00 bits per heavy atom. The van der Waals surface area contributed by atoms with Crippen LogP contribution in [0.25, 0.3) is 0 Å². The first kappa shape index (κ1) is 15.9. The third-order valence-corrected chi connectivity index (χ3v) is 3.37. The number of benzene rings is 2. The molecule has 0 fully saturated rings. The lowest BCUT2D eigenvalue weighted by atomic mass is 9.95. The monoisotopic (exact) mass is 300 g/mol. The SMILES string of the molecule is CCOC(=O)[C@@](C)(Oc1ccc(OC)cc1)c1ccccc1. The van der Waals surface area contributed by atoms with E-state index in [2.05, 4.69) is 0 Å². The van der Waals surface area contributed by atoms with Gasteiger partial charge in [0.15, 0.2) is 0 Å². The van der Waals surface area contributed by atoms with Crippen molar-refractivity contribution >= 4 is 5.97 Å².